The first-order valence-electron chi connectivity index (χ1n) is 6.14. The third kappa shape index (κ3) is 3.47. The number of nitrogens with one attached hydrogen (secondary N) is 1. The minimum atomic E-state index is 0.688. The molecule has 0 aliphatic heterocycles. The van der Waals surface area contributed by atoms with Crippen molar-refractivity contribution in [3.8, 4) is 0 Å². The van der Waals surface area contributed by atoms with E-state index in [9.17, 15) is 0 Å². The summed E-state index contributed by atoms with van der Waals surface area (Å²) in [4.78, 5) is 9.36. The zero-order valence-electron chi connectivity index (χ0n) is 10.3. The van der Waals surface area contributed by atoms with Crippen LogP contribution in [0.1, 0.15) is 44.1 Å². The Morgan fingerprint density at radius 2 is 2.12 bits per heavy atom. The Kier molecular flexibility index (Phi) is 4.90. The maximum Gasteiger partial charge on any atom is 0.143 e. The highest BCUT2D eigenvalue weighted by atomic mass is 127. The van der Waals surface area contributed by atoms with Crippen molar-refractivity contribution in [1.82, 2.24) is 9.97 Å². The van der Waals surface area contributed by atoms with Gasteiger partial charge in [0.1, 0.15) is 11.6 Å². The summed E-state index contributed by atoms with van der Waals surface area (Å²) in [5, 5.41) is 3.35. The highest BCUT2D eigenvalue weighted by molar-refractivity contribution is 14.1. The second-order valence-electron chi connectivity index (χ2n) is 4.13. The number of hydrogen-bond donors (Lipinski definition) is 1. The molecule has 94 valence electrons. The summed E-state index contributed by atoms with van der Waals surface area (Å²) in [6.45, 7) is 5.19. The Labute approximate surface area is 121 Å². The van der Waals surface area contributed by atoms with Gasteiger partial charge in [-0.2, -0.15) is 11.8 Å². The first-order valence-corrected chi connectivity index (χ1v) is 8.37. The van der Waals surface area contributed by atoms with E-state index in [1.54, 1.807) is 0 Å². The molecular weight excluding hydrogens is 345 g/mol. The van der Waals surface area contributed by atoms with E-state index in [0.717, 1.165) is 29.7 Å². The van der Waals surface area contributed by atoms with Crippen LogP contribution in [0.3, 0.4) is 0 Å². The van der Waals surface area contributed by atoms with E-state index in [4.69, 9.17) is 4.98 Å². The lowest BCUT2D eigenvalue weighted by atomic mass is 10.2. The molecule has 0 bridgehead atoms. The van der Waals surface area contributed by atoms with E-state index in [2.05, 4.69) is 46.7 Å². The van der Waals surface area contributed by atoms with Crippen LogP contribution in [0.25, 0.3) is 0 Å². The van der Waals surface area contributed by atoms with E-state index in [1.807, 2.05) is 11.8 Å². The van der Waals surface area contributed by atoms with Crippen molar-refractivity contribution in [2.45, 2.75) is 38.4 Å². The van der Waals surface area contributed by atoms with Gasteiger partial charge in [-0.15, -0.1) is 0 Å². The highest BCUT2D eigenvalue weighted by Gasteiger charge is 2.29. The normalized spacial score (nSPS) is 15.0. The topological polar surface area (TPSA) is 37.8 Å². The lowest BCUT2D eigenvalue weighted by molar-refractivity contribution is 0.915. The van der Waals surface area contributed by atoms with Gasteiger partial charge in [0.05, 0.1) is 15.0 Å². The fourth-order valence-corrected chi connectivity index (χ4v) is 3.07. The molecule has 1 heterocycles. The Morgan fingerprint density at radius 1 is 1.35 bits per heavy atom. The molecule has 1 aromatic rings. The second kappa shape index (κ2) is 6.22. The average Bonchev–Trinajstić information content (AvgIpc) is 3.14. The van der Waals surface area contributed by atoms with Crippen LogP contribution in [-0.4, -0.2) is 22.3 Å². The summed E-state index contributed by atoms with van der Waals surface area (Å²) in [5.41, 5.74) is 1.27. The number of rotatable bonds is 6. The third-order valence-corrected chi connectivity index (χ3v) is 4.60. The van der Waals surface area contributed by atoms with Gasteiger partial charge >= 0.3 is 0 Å². The highest BCUT2D eigenvalue weighted by Crippen LogP contribution is 2.42. The fourth-order valence-electron chi connectivity index (χ4n) is 1.68. The standard InChI is InChI=1S/C12H18IN3S/c1-3-14-12-10(13)11(8-5-6-8)15-9(16-12)7-17-4-2/h8H,3-7H2,1-2H3,(H,14,15,16). The number of hydrogen-bond acceptors (Lipinski definition) is 4. The SMILES string of the molecule is CCNc1nc(CSCC)nc(C2CC2)c1I. The van der Waals surface area contributed by atoms with Crippen LogP contribution < -0.4 is 5.32 Å². The molecule has 1 N–H and O–H groups in total. The van der Waals surface area contributed by atoms with Gasteiger partial charge in [-0.05, 0) is 48.1 Å². The Balaban J connectivity index is 2.26. The fraction of sp³-hybridized carbons (Fsp3) is 0.667. The predicted molar refractivity (Wildman–Crippen MR) is 82.7 cm³/mol. The van der Waals surface area contributed by atoms with Crippen LogP contribution in [0.15, 0.2) is 0 Å². The Bertz CT molecular complexity index is 394. The smallest absolute Gasteiger partial charge is 0.143 e. The van der Waals surface area contributed by atoms with Crippen molar-refractivity contribution in [3.63, 3.8) is 0 Å². The van der Waals surface area contributed by atoms with Gasteiger partial charge in [0.15, 0.2) is 0 Å². The molecular formula is C12H18IN3S. The molecule has 1 aliphatic rings. The van der Waals surface area contributed by atoms with Crippen molar-refractivity contribution in [3.05, 3.63) is 15.1 Å². The number of nitrogens with zero attached hydrogens (tertiary/aromatic N) is 2. The molecule has 0 amide bonds. The summed E-state index contributed by atoms with van der Waals surface area (Å²) in [5.74, 6) is 4.73. The van der Waals surface area contributed by atoms with Crippen molar-refractivity contribution in [1.29, 1.82) is 0 Å². The minimum Gasteiger partial charge on any atom is -0.369 e. The van der Waals surface area contributed by atoms with Crippen molar-refractivity contribution < 1.29 is 0 Å². The zero-order valence-corrected chi connectivity index (χ0v) is 13.3. The summed E-state index contributed by atoms with van der Waals surface area (Å²) in [7, 11) is 0. The molecule has 1 aromatic heterocycles. The summed E-state index contributed by atoms with van der Waals surface area (Å²) in [6.07, 6.45) is 2.58. The van der Waals surface area contributed by atoms with E-state index in [0.29, 0.717) is 5.92 Å². The lowest BCUT2D eigenvalue weighted by Gasteiger charge is -2.11. The van der Waals surface area contributed by atoms with Gasteiger partial charge in [0, 0.05) is 12.5 Å². The molecule has 0 radical (unpaired) electrons. The van der Waals surface area contributed by atoms with Gasteiger partial charge in [-0.1, -0.05) is 6.92 Å². The Morgan fingerprint density at radius 3 is 2.71 bits per heavy atom. The van der Waals surface area contributed by atoms with E-state index in [1.165, 1.54) is 22.1 Å². The van der Waals surface area contributed by atoms with Crippen LogP contribution in [0.2, 0.25) is 0 Å². The molecule has 3 nitrogen and oxygen atoms in total. The minimum absolute atomic E-state index is 0.688. The van der Waals surface area contributed by atoms with Crippen LogP contribution in [-0.2, 0) is 5.75 Å². The quantitative estimate of drug-likeness (QED) is 0.783. The molecule has 0 saturated heterocycles. The van der Waals surface area contributed by atoms with Crippen LogP contribution >= 0.6 is 34.4 Å². The molecule has 1 fully saturated rings. The summed E-state index contributed by atoms with van der Waals surface area (Å²) >= 11 is 4.26. The van der Waals surface area contributed by atoms with Crippen molar-refractivity contribution in [2.75, 3.05) is 17.6 Å². The molecule has 1 aliphatic carbocycles. The average molecular weight is 363 g/mol. The van der Waals surface area contributed by atoms with Gasteiger partial charge in [-0.25, -0.2) is 9.97 Å². The molecule has 0 spiro atoms. The number of anilines is 1. The molecule has 0 atom stereocenters. The monoisotopic (exact) mass is 363 g/mol. The first-order chi connectivity index (χ1) is 8.26. The van der Waals surface area contributed by atoms with Crippen molar-refractivity contribution >= 4 is 40.2 Å². The molecule has 1 saturated carbocycles. The maximum absolute atomic E-state index is 4.74. The van der Waals surface area contributed by atoms with Gasteiger partial charge in [0.25, 0.3) is 0 Å². The van der Waals surface area contributed by atoms with E-state index >= 15 is 0 Å². The van der Waals surface area contributed by atoms with Gasteiger partial charge < -0.3 is 5.32 Å². The van der Waals surface area contributed by atoms with E-state index in [-0.39, 0.29) is 0 Å². The number of halogens is 1. The molecule has 2 rings (SSSR count). The largest absolute Gasteiger partial charge is 0.369 e. The van der Waals surface area contributed by atoms with Crippen molar-refractivity contribution in [2.24, 2.45) is 0 Å². The van der Waals surface area contributed by atoms with Gasteiger partial charge in [0.2, 0.25) is 0 Å². The molecule has 0 aromatic carbocycles. The summed E-state index contributed by atoms with van der Waals surface area (Å²) < 4.78 is 1.22. The predicted octanol–water partition coefficient (Wildman–Crippen LogP) is 3.64. The van der Waals surface area contributed by atoms with Crippen LogP contribution in [0.4, 0.5) is 5.82 Å². The second-order valence-corrected chi connectivity index (χ2v) is 6.48. The Hall–Kier alpha value is -0.0400. The van der Waals surface area contributed by atoms with E-state index < -0.39 is 0 Å². The third-order valence-electron chi connectivity index (χ3n) is 2.67. The molecule has 0 unspecified atom stereocenters. The number of thioether (sulfide) groups is 1. The van der Waals surface area contributed by atoms with Crippen LogP contribution in [0.5, 0.6) is 0 Å². The molecule has 5 heteroatoms. The number of aromatic nitrogens is 2. The summed E-state index contributed by atoms with van der Waals surface area (Å²) in [6, 6.07) is 0. The lowest BCUT2D eigenvalue weighted by Crippen LogP contribution is -2.09. The molecule has 17 heavy (non-hydrogen) atoms. The van der Waals surface area contributed by atoms with Gasteiger partial charge in [-0.3, -0.25) is 0 Å². The zero-order chi connectivity index (χ0) is 12.3. The van der Waals surface area contributed by atoms with Crippen LogP contribution in [0, 0.1) is 3.57 Å². The first kappa shape index (κ1) is 13.4. The maximum atomic E-state index is 4.74.